The lowest BCUT2D eigenvalue weighted by atomic mass is 9.85. The van der Waals surface area contributed by atoms with Gasteiger partial charge >= 0.3 is 12.1 Å². The molecule has 8 nitrogen and oxygen atoms in total. The van der Waals surface area contributed by atoms with Gasteiger partial charge in [-0.05, 0) is 45.7 Å². The lowest BCUT2D eigenvalue weighted by Crippen LogP contribution is -2.62. The number of carboxylic acid groups (broad SMARTS) is 1. The Morgan fingerprint density at radius 1 is 1.04 bits per heavy atom. The molecule has 1 fully saturated rings. The molecule has 0 spiro atoms. The maximum atomic E-state index is 12.8. The van der Waals surface area contributed by atoms with Gasteiger partial charge in [0.05, 0.1) is 11.1 Å². The average molecular weight is 374 g/mol. The van der Waals surface area contributed by atoms with Crippen LogP contribution in [0.3, 0.4) is 0 Å². The molecule has 0 atom stereocenters. The number of fused-ring (bicyclic) bond motifs is 1. The van der Waals surface area contributed by atoms with Gasteiger partial charge in [0.25, 0.3) is 11.8 Å². The molecule has 3 rings (SSSR count). The van der Waals surface area contributed by atoms with Crippen LogP contribution in [0.1, 0.15) is 54.3 Å². The molecule has 2 aliphatic rings. The maximum absolute atomic E-state index is 12.8. The summed E-state index contributed by atoms with van der Waals surface area (Å²) in [6.07, 6.45) is -0.635. The number of carbonyl (C=O) groups excluding carboxylic acids is 3. The molecule has 144 valence electrons. The Hall–Kier alpha value is -2.90. The van der Waals surface area contributed by atoms with E-state index >= 15 is 0 Å². The maximum Gasteiger partial charge on any atom is 0.410 e. The third kappa shape index (κ3) is 3.15. The number of rotatable bonds is 2. The van der Waals surface area contributed by atoms with Gasteiger partial charge < -0.3 is 14.7 Å². The van der Waals surface area contributed by atoms with Gasteiger partial charge in [-0.1, -0.05) is 12.1 Å². The third-order valence-electron chi connectivity index (χ3n) is 4.86. The Morgan fingerprint density at radius 3 is 1.93 bits per heavy atom. The van der Waals surface area contributed by atoms with Crippen LogP contribution in [0.5, 0.6) is 0 Å². The van der Waals surface area contributed by atoms with E-state index in [1.807, 2.05) is 0 Å². The quantitative estimate of drug-likeness (QED) is 0.796. The van der Waals surface area contributed by atoms with E-state index in [4.69, 9.17) is 4.74 Å². The van der Waals surface area contributed by atoms with E-state index in [2.05, 4.69) is 0 Å². The Labute approximate surface area is 156 Å². The molecule has 1 N–H and O–H groups in total. The van der Waals surface area contributed by atoms with E-state index in [0.717, 1.165) is 4.90 Å². The van der Waals surface area contributed by atoms with Gasteiger partial charge in [0.1, 0.15) is 5.60 Å². The zero-order valence-corrected chi connectivity index (χ0v) is 15.5. The molecule has 0 aromatic heterocycles. The van der Waals surface area contributed by atoms with E-state index in [-0.39, 0.29) is 37.1 Å². The van der Waals surface area contributed by atoms with Crippen LogP contribution in [0.15, 0.2) is 24.3 Å². The van der Waals surface area contributed by atoms with Crippen molar-refractivity contribution >= 4 is 23.9 Å². The highest BCUT2D eigenvalue weighted by molar-refractivity contribution is 6.23. The van der Waals surface area contributed by atoms with Crippen LogP contribution in [0.4, 0.5) is 4.79 Å². The summed E-state index contributed by atoms with van der Waals surface area (Å²) in [5.74, 6) is -2.46. The van der Waals surface area contributed by atoms with Crippen molar-refractivity contribution in [1.82, 2.24) is 9.80 Å². The molecular weight excluding hydrogens is 352 g/mol. The molecule has 1 aromatic rings. The van der Waals surface area contributed by atoms with Gasteiger partial charge in [0.2, 0.25) is 0 Å². The summed E-state index contributed by atoms with van der Waals surface area (Å²) in [4.78, 5) is 52.1. The second-order valence-electron chi connectivity index (χ2n) is 7.80. The van der Waals surface area contributed by atoms with Gasteiger partial charge in [0, 0.05) is 13.1 Å². The molecule has 1 saturated heterocycles. The van der Waals surface area contributed by atoms with Crippen molar-refractivity contribution < 1.29 is 29.0 Å². The summed E-state index contributed by atoms with van der Waals surface area (Å²) in [5.41, 5.74) is -1.93. The monoisotopic (exact) mass is 374 g/mol. The van der Waals surface area contributed by atoms with Crippen LogP contribution in [-0.2, 0) is 9.53 Å². The standard InChI is InChI=1S/C19H22N2O6/c1-18(2,3)27-17(26)20-10-8-19(9-11-20,16(24)25)21-14(22)12-6-4-5-7-13(12)15(21)23/h4-7H,8-11H2,1-3H3,(H,24,25). The lowest BCUT2D eigenvalue weighted by Gasteiger charge is -2.43. The molecule has 2 aliphatic heterocycles. The number of likely N-dealkylation sites (tertiary alicyclic amines) is 1. The number of hydrogen-bond acceptors (Lipinski definition) is 5. The molecule has 0 bridgehead atoms. The number of amides is 3. The summed E-state index contributed by atoms with van der Waals surface area (Å²) >= 11 is 0. The first-order chi connectivity index (χ1) is 12.6. The predicted molar refractivity (Wildman–Crippen MR) is 94.3 cm³/mol. The first-order valence-corrected chi connectivity index (χ1v) is 8.76. The normalized spacial score (nSPS) is 19.1. The molecule has 0 unspecified atom stereocenters. The number of hydrogen-bond donors (Lipinski definition) is 1. The molecule has 8 heteroatoms. The minimum atomic E-state index is -1.67. The van der Waals surface area contributed by atoms with Crippen molar-refractivity contribution in [3.8, 4) is 0 Å². The number of nitrogens with zero attached hydrogens (tertiary/aromatic N) is 2. The van der Waals surface area contributed by atoms with Crippen molar-refractivity contribution in [2.75, 3.05) is 13.1 Å². The molecule has 1 aromatic carbocycles. The van der Waals surface area contributed by atoms with E-state index in [1.54, 1.807) is 32.9 Å². The Bertz CT molecular complexity index is 783. The van der Waals surface area contributed by atoms with Crippen LogP contribution >= 0.6 is 0 Å². The number of ether oxygens (including phenoxy) is 1. The Balaban J connectivity index is 1.84. The number of benzene rings is 1. The smallest absolute Gasteiger partial charge is 0.410 e. The zero-order valence-electron chi connectivity index (χ0n) is 15.5. The molecule has 27 heavy (non-hydrogen) atoms. The molecule has 2 heterocycles. The summed E-state index contributed by atoms with van der Waals surface area (Å²) in [6, 6.07) is 6.29. The Morgan fingerprint density at radius 2 is 1.52 bits per heavy atom. The van der Waals surface area contributed by atoms with E-state index in [9.17, 15) is 24.3 Å². The molecule has 0 radical (unpaired) electrons. The number of piperidine rings is 1. The number of carbonyl (C=O) groups is 4. The summed E-state index contributed by atoms with van der Waals surface area (Å²) < 4.78 is 5.32. The van der Waals surface area contributed by atoms with Gasteiger partial charge in [-0.25, -0.2) is 9.59 Å². The Kier molecular flexibility index (Phi) is 4.45. The van der Waals surface area contributed by atoms with Gasteiger partial charge in [0.15, 0.2) is 5.54 Å². The highest BCUT2D eigenvalue weighted by Crippen LogP contribution is 2.36. The fourth-order valence-electron chi connectivity index (χ4n) is 3.50. The minimum Gasteiger partial charge on any atom is -0.479 e. The van der Waals surface area contributed by atoms with Crippen molar-refractivity contribution in [3.63, 3.8) is 0 Å². The second kappa shape index (κ2) is 6.37. The number of imide groups is 1. The van der Waals surface area contributed by atoms with E-state index in [0.29, 0.717) is 0 Å². The van der Waals surface area contributed by atoms with Crippen molar-refractivity contribution in [3.05, 3.63) is 35.4 Å². The van der Waals surface area contributed by atoms with Gasteiger partial charge in [-0.3, -0.25) is 14.5 Å². The average Bonchev–Trinajstić information content (AvgIpc) is 2.85. The summed E-state index contributed by atoms with van der Waals surface area (Å²) in [5, 5.41) is 9.89. The number of aliphatic carboxylic acids is 1. The second-order valence-corrected chi connectivity index (χ2v) is 7.80. The van der Waals surface area contributed by atoms with Gasteiger partial charge in [-0.2, -0.15) is 0 Å². The third-order valence-corrected chi connectivity index (χ3v) is 4.86. The van der Waals surface area contributed by atoms with Crippen LogP contribution < -0.4 is 0 Å². The first kappa shape index (κ1) is 18.9. The van der Waals surface area contributed by atoms with E-state index in [1.165, 1.54) is 17.0 Å². The summed E-state index contributed by atoms with van der Waals surface area (Å²) in [7, 11) is 0. The van der Waals surface area contributed by atoms with Crippen LogP contribution in [0, 0.1) is 0 Å². The summed E-state index contributed by atoms with van der Waals surface area (Å²) in [6.45, 7) is 5.39. The highest BCUT2D eigenvalue weighted by Gasteiger charge is 2.55. The molecule has 3 amide bonds. The molecule has 0 saturated carbocycles. The van der Waals surface area contributed by atoms with Crippen molar-refractivity contribution in [2.45, 2.75) is 44.8 Å². The molecule has 0 aliphatic carbocycles. The van der Waals surface area contributed by atoms with Gasteiger partial charge in [-0.15, -0.1) is 0 Å². The SMILES string of the molecule is CC(C)(C)OC(=O)N1CCC(C(=O)O)(N2C(=O)c3ccccc3C2=O)CC1. The number of carboxylic acids is 1. The van der Waals surface area contributed by atoms with Crippen molar-refractivity contribution in [2.24, 2.45) is 0 Å². The lowest BCUT2D eigenvalue weighted by molar-refractivity contribution is -0.151. The van der Waals surface area contributed by atoms with Crippen LogP contribution in [0.2, 0.25) is 0 Å². The largest absolute Gasteiger partial charge is 0.479 e. The fourth-order valence-corrected chi connectivity index (χ4v) is 3.50. The fraction of sp³-hybridized carbons (Fsp3) is 0.474. The first-order valence-electron chi connectivity index (χ1n) is 8.76. The van der Waals surface area contributed by atoms with Crippen LogP contribution in [-0.4, -0.2) is 63.0 Å². The van der Waals surface area contributed by atoms with E-state index < -0.39 is 35.0 Å². The minimum absolute atomic E-state index is 0.0486. The predicted octanol–water partition coefficient (Wildman–Crippen LogP) is 2.14. The topological polar surface area (TPSA) is 104 Å². The van der Waals surface area contributed by atoms with Crippen molar-refractivity contribution in [1.29, 1.82) is 0 Å². The highest BCUT2D eigenvalue weighted by atomic mass is 16.6. The zero-order chi connectivity index (χ0) is 20.0. The molecular formula is C19H22N2O6. The van der Waals surface area contributed by atoms with Crippen LogP contribution in [0.25, 0.3) is 0 Å².